The van der Waals surface area contributed by atoms with Crippen molar-refractivity contribution >= 4 is 23.5 Å². The van der Waals surface area contributed by atoms with E-state index in [1.54, 1.807) is 30.3 Å². The van der Waals surface area contributed by atoms with Crippen molar-refractivity contribution in [3.8, 4) is 11.5 Å². The lowest BCUT2D eigenvalue weighted by Crippen LogP contribution is -1.99. The maximum atomic E-state index is 13.1. The van der Waals surface area contributed by atoms with Crippen molar-refractivity contribution in [2.24, 2.45) is 0 Å². The topological polar surface area (TPSA) is 35.5 Å². The SMILES string of the molecule is Cc1c(OCc2ccccc2Cl)ccc2c1O/C(=C\c1ccc(F)cc1)C2=O. The Hall–Kier alpha value is -3.11. The van der Waals surface area contributed by atoms with Gasteiger partial charge in [-0.1, -0.05) is 41.9 Å². The molecule has 0 saturated carbocycles. The van der Waals surface area contributed by atoms with E-state index in [-0.39, 0.29) is 17.4 Å². The van der Waals surface area contributed by atoms with Gasteiger partial charge in [-0.25, -0.2) is 4.39 Å². The third-order valence-corrected chi connectivity index (χ3v) is 4.91. The highest BCUT2D eigenvalue weighted by Crippen LogP contribution is 2.39. The van der Waals surface area contributed by atoms with E-state index < -0.39 is 0 Å². The molecule has 0 unspecified atom stereocenters. The number of hydrogen-bond donors (Lipinski definition) is 0. The molecule has 0 spiro atoms. The largest absolute Gasteiger partial charge is 0.488 e. The molecule has 0 N–H and O–H groups in total. The number of halogens is 2. The lowest BCUT2D eigenvalue weighted by molar-refractivity contribution is 0.101. The molecule has 0 fully saturated rings. The standard InChI is InChI=1S/C23H16ClFO3/c1-14-20(27-13-16-4-2-3-5-19(16)24)11-10-18-22(26)21(28-23(14)18)12-15-6-8-17(25)9-7-15/h2-12H,13H2,1H3/b21-12-. The summed E-state index contributed by atoms with van der Waals surface area (Å²) in [6.45, 7) is 2.15. The van der Waals surface area contributed by atoms with Crippen LogP contribution in [0.3, 0.4) is 0 Å². The van der Waals surface area contributed by atoms with E-state index >= 15 is 0 Å². The van der Waals surface area contributed by atoms with Gasteiger partial charge in [-0.2, -0.15) is 0 Å². The van der Waals surface area contributed by atoms with Crippen LogP contribution in [-0.4, -0.2) is 5.78 Å². The second-order valence-corrected chi connectivity index (χ2v) is 6.84. The lowest BCUT2D eigenvalue weighted by atomic mass is 10.1. The highest BCUT2D eigenvalue weighted by Gasteiger charge is 2.30. The first-order chi connectivity index (χ1) is 13.5. The first-order valence-electron chi connectivity index (χ1n) is 8.72. The van der Waals surface area contributed by atoms with Gasteiger partial charge in [0.15, 0.2) is 5.76 Å². The normalized spacial score (nSPS) is 14.1. The van der Waals surface area contributed by atoms with Crippen LogP contribution in [0.1, 0.15) is 27.0 Å². The van der Waals surface area contributed by atoms with Crippen LogP contribution in [0.25, 0.3) is 6.08 Å². The van der Waals surface area contributed by atoms with Crippen molar-refractivity contribution in [3.05, 3.63) is 99.5 Å². The predicted octanol–water partition coefficient (Wildman–Crippen LogP) is 5.98. The third kappa shape index (κ3) is 3.51. The molecule has 28 heavy (non-hydrogen) atoms. The molecule has 0 bridgehead atoms. The van der Waals surface area contributed by atoms with Crippen LogP contribution >= 0.6 is 11.6 Å². The van der Waals surface area contributed by atoms with Crippen molar-refractivity contribution in [2.45, 2.75) is 13.5 Å². The fraction of sp³-hybridized carbons (Fsp3) is 0.0870. The number of carbonyl (C=O) groups is 1. The minimum absolute atomic E-state index is 0.202. The molecule has 0 radical (unpaired) electrons. The van der Waals surface area contributed by atoms with Crippen LogP contribution in [0.2, 0.25) is 5.02 Å². The molecule has 3 nitrogen and oxygen atoms in total. The Morgan fingerprint density at radius 3 is 2.57 bits per heavy atom. The second-order valence-electron chi connectivity index (χ2n) is 6.44. The summed E-state index contributed by atoms with van der Waals surface area (Å²) in [4.78, 5) is 12.6. The van der Waals surface area contributed by atoms with Gasteiger partial charge >= 0.3 is 0 Å². The van der Waals surface area contributed by atoms with E-state index in [9.17, 15) is 9.18 Å². The van der Waals surface area contributed by atoms with Gasteiger partial charge in [-0.15, -0.1) is 0 Å². The Bertz CT molecular complexity index is 1090. The van der Waals surface area contributed by atoms with Gasteiger partial charge in [0.25, 0.3) is 0 Å². The summed E-state index contributed by atoms with van der Waals surface area (Å²) >= 11 is 6.17. The molecule has 0 saturated heterocycles. The van der Waals surface area contributed by atoms with Gasteiger partial charge in [0.1, 0.15) is 23.9 Å². The van der Waals surface area contributed by atoms with Gasteiger partial charge in [-0.05, 0) is 48.9 Å². The highest BCUT2D eigenvalue weighted by atomic mass is 35.5. The van der Waals surface area contributed by atoms with Crippen molar-refractivity contribution in [3.63, 3.8) is 0 Å². The molecule has 1 heterocycles. The zero-order valence-corrected chi connectivity index (χ0v) is 15.8. The molecule has 0 atom stereocenters. The van der Waals surface area contributed by atoms with Gasteiger partial charge in [0, 0.05) is 16.1 Å². The van der Waals surface area contributed by atoms with Crippen LogP contribution in [0, 0.1) is 12.7 Å². The fourth-order valence-electron chi connectivity index (χ4n) is 3.01. The zero-order valence-electron chi connectivity index (χ0n) is 15.0. The van der Waals surface area contributed by atoms with Crippen LogP contribution in [-0.2, 0) is 6.61 Å². The Balaban J connectivity index is 1.58. The summed E-state index contributed by atoms with van der Waals surface area (Å²) < 4.78 is 24.8. The molecule has 1 aliphatic rings. The number of allylic oxidation sites excluding steroid dienone is 1. The van der Waals surface area contributed by atoms with Crippen LogP contribution < -0.4 is 9.47 Å². The van der Waals surface area contributed by atoms with E-state index in [1.807, 2.05) is 31.2 Å². The minimum atomic E-state index is -0.333. The minimum Gasteiger partial charge on any atom is -0.488 e. The van der Waals surface area contributed by atoms with E-state index in [4.69, 9.17) is 21.1 Å². The number of benzene rings is 3. The molecule has 3 aromatic rings. The summed E-state index contributed by atoms with van der Waals surface area (Å²) in [5.41, 5.74) is 2.78. The molecular formula is C23H16ClFO3. The van der Waals surface area contributed by atoms with Crippen molar-refractivity contribution in [2.75, 3.05) is 0 Å². The lowest BCUT2D eigenvalue weighted by Gasteiger charge is -2.12. The zero-order chi connectivity index (χ0) is 19.7. The van der Waals surface area contributed by atoms with Crippen LogP contribution in [0.15, 0.2) is 66.4 Å². The first-order valence-corrected chi connectivity index (χ1v) is 9.10. The number of ether oxygens (including phenoxy) is 2. The monoisotopic (exact) mass is 394 g/mol. The molecule has 140 valence electrons. The Morgan fingerprint density at radius 1 is 1.07 bits per heavy atom. The van der Waals surface area contributed by atoms with Gasteiger partial charge < -0.3 is 9.47 Å². The smallest absolute Gasteiger partial charge is 0.231 e. The molecule has 0 amide bonds. The molecule has 1 aliphatic heterocycles. The van der Waals surface area contributed by atoms with E-state index in [0.29, 0.717) is 34.3 Å². The predicted molar refractivity (Wildman–Crippen MR) is 106 cm³/mol. The van der Waals surface area contributed by atoms with Gasteiger partial charge in [-0.3, -0.25) is 4.79 Å². The Morgan fingerprint density at radius 2 is 1.82 bits per heavy atom. The van der Waals surface area contributed by atoms with Gasteiger partial charge in [0.2, 0.25) is 5.78 Å². The summed E-state index contributed by atoms with van der Waals surface area (Å²) in [7, 11) is 0. The average Bonchev–Trinajstić information content (AvgIpc) is 3.01. The number of Topliss-reactive ketones (excluding diaryl/α,β-unsaturated/α-hetero) is 1. The Kier molecular flexibility index (Phi) is 4.88. The van der Waals surface area contributed by atoms with Gasteiger partial charge in [0.05, 0.1) is 5.56 Å². The van der Waals surface area contributed by atoms with E-state index in [2.05, 4.69) is 0 Å². The van der Waals surface area contributed by atoms with Crippen LogP contribution in [0.4, 0.5) is 4.39 Å². The maximum absolute atomic E-state index is 13.1. The molecule has 4 rings (SSSR count). The number of carbonyl (C=O) groups excluding carboxylic acids is 1. The number of rotatable bonds is 4. The number of ketones is 1. The van der Waals surface area contributed by atoms with Crippen molar-refractivity contribution < 1.29 is 18.7 Å². The fourth-order valence-corrected chi connectivity index (χ4v) is 3.20. The summed E-state index contributed by atoms with van der Waals surface area (Å²) in [6, 6.07) is 16.8. The van der Waals surface area contributed by atoms with E-state index in [1.165, 1.54) is 12.1 Å². The summed E-state index contributed by atoms with van der Waals surface area (Å²) in [5.74, 6) is 0.762. The Labute approximate surface area is 167 Å². The second kappa shape index (κ2) is 7.49. The molecule has 3 aromatic carbocycles. The first kappa shape index (κ1) is 18.3. The summed E-state index contributed by atoms with van der Waals surface area (Å²) in [5, 5.41) is 0.636. The van der Waals surface area contributed by atoms with Crippen LogP contribution in [0.5, 0.6) is 11.5 Å². The quantitative estimate of drug-likeness (QED) is 0.510. The maximum Gasteiger partial charge on any atom is 0.231 e. The molecular weight excluding hydrogens is 379 g/mol. The third-order valence-electron chi connectivity index (χ3n) is 4.55. The molecule has 0 aliphatic carbocycles. The molecule has 5 heteroatoms. The van der Waals surface area contributed by atoms with Crippen molar-refractivity contribution in [1.29, 1.82) is 0 Å². The van der Waals surface area contributed by atoms with E-state index in [0.717, 1.165) is 11.1 Å². The average molecular weight is 395 g/mol. The molecule has 0 aromatic heterocycles. The van der Waals surface area contributed by atoms with Crippen molar-refractivity contribution in [1.82, 2.24) is 0 Å². The number of hydrogen-bond acceptors (Lipinski definition) is 3. The highest BCUT2D eigenvalue weighted by molar-refractivity contribution is 6.31. The summed E-state index contributed by atoms with van der Waals surface area (Å²) in [6.07, 6.45) is 1.60. The number of fused-ring (bicyclic) bond motifs is 1.